The standard InChI is InChI=1S/C16H13ClN2O5/c1-9(24-16(23)11-6-7-18-13(17)8-11)14(20)19-12-4-2-10(3-5-12)15(21)22/h2-9H,1H3,(H,19,20)(H,21,22). The maximum atomic E-state index is 12.0. The highest BCUT2D eigenvalue weighted by Crippen LogP contribution is 2.12. The molecule has 0 spiro atoms. The van der Waals surface area contributed by atoms with Gasteiger partial charge in [-0.25, -0.2) is 14.6 Å². The summed E-state index contributed by atoms with van der Waals surface area (Å²) >= 11 is 5.69. The van der Waals surface area contributed by atoms with E-state index in [2.05, 4.69) is 10.3 Å². The highest BCUT2D eigenvalue weighted by Gasteiger charge is 2.19. The van der Waals surface area contributed by atoms with Crippen molar-refractivity contribution in [1.29, 1.82) is 0 Å². The van der Waals surface area contributed by atoms with E-state index in [9.17, 15) is 14.4 Å². The summed E-state index contributed by atoms with van der Waals surface area (Å²) < 4.78 is 5.06. The summed E-state index contributed by atoms with van der Waals surface area (Å²) in [6.45, 7) is 1.42. The Morgan fingerprint density at radius 3 is 2.42 bits per heavy atom. The van der Waals surface area contributed by atoms with Crippen LogP contribution in [0.5, 0.6) is 0 Å². The van der Waals surface area contributed by atoms with Gasteiger partial charge in [0.15, 0.2) is 6.10 Å². The largest absolute Gasteiger partial charge is 0.478 e. The second kappa shape index (κ2) is 7.56. The van der Waals surface area contributed by atoms with Gasteiger partial charge in [-0.1, -0.05) is 11.6 Å². The first-order chi connectivity index (χ1) is 11.4. The molecule has 0 saturated heterocycles. The molecule has 0 bridgehead atoms. The van der Waals surface area contributed by atoms with Gasteiger partial charge >= 0.3 is 11.9 Å². The molecule has 1 unspecified atom stereocenters. The third kappa shape index (κ3) is 4.53. The molecule has 0 radical (unpaired) electrons. The first-order valence-electron chi connectivity index (χ1n) is 6.83. The average molecular weight is 349 g/mol. The topological polar surface area (TPSA) is 106 Å². The number of esters is 1. The number of nitrogens with one attached hydrogen (secondary N) is 1. The van der Waals surface area contributed by atoms with E-state index in [-0.39, 0.29) is 16.3 Å². The van der Waals surface area contributed by atoms with Crippen molar-refractivity contribution in [3.8, 4) is 0 Å². The summed E-state index contributed by atoms with van der Waals surface area (Å²) in [7, 11) is 0. The van der Waals surface area contributed by atoms with E-state index in [1.807, 2.05) is 0 Å². The molecule has 124 valence electrons. The zero-order chi connectivity index (χ0) is 17.7. The van der Waals surface area contributed by atoms with Crippen molar-refractivity contribution >= 4 is 35.1 Å². The number of aromatic carboxylic acids is 1. The van der Waals surface area contributed by atoms with Crippen LogP contribution < -0.4 is 5.32 Å². The van der Waals surface area contributed by atoms with Crippen molar-refractivity contribution < 1.29 is 24.2 Å². The molecule has 1 amide bonds. The summed E-state index contributed by atoms with van der Waals surface area (Å²) in [4.78, 5) is 38.5. The maximum absolute atomic E-state index is 12.0. The molecule has 0 saturated carbocycles. The number of ether oxygens (including phenoxy) is 1. The van der Waals surface area contributed by atoms with Crippen LogP contribution >= 0.6 is 11.6 Å². The molecular weight excluding hydrogens is 336 g/mol. The Labute approximate surface area is 142 Å². The SMILES string of the molecule is CC(OC(=O)c1ccnc(Cl)c1)C(=O)Nc1ccc(C(=O)O)cc1. The maximum Gasteiger partial charge on any atom is 0.339 e. The number of carboxylic acids is 1. The first kappa shape index (κ1) is 17.4. The number of amides is 1. The molecule has 1 aromatic carbocycles. The van der Waals surface area contributed by atoms with E-state index in [4.69, 9.17) is 21.4 Å². The number of aromatic nitrogens is 1. The zero-order valence-electron chi connectivity index (χ0n) is 12.5. The van der Waals surface area contributed by atoms with Gasteiger partial charge in [-0.2, -0.15) is 0 Å². The molecule has 0 aliphatic rings. The van der Waals surface area contributed by atoms with Crippen molar-refractivity contribution in [2.24, 2.45) is 0 Å². The monoisotopic (exact) mass is 348 g/mol. The number of pyridine rings is 1. The quantitative estimate of drug-likeness (QED) is 0.635. The molecule has 0 aliphatic heterocycles. The molecular formula is C16H13ClN2O5. The van der Waals surface area contributed by atoms with Gasteiger partial charge < -0.3 is 15.2 Å². The third-order valence-corrected chi connectivity index (χ3v) is 3.22. The molecule has 2 rings (SSSR count). The second-order valence-corrected chi connectivity index (χ2v) is 5.17. The lowest BCUT2D eigenvalue weighted by Gasteiger charge is -2.13. The molecule has 2 aromatic rings. The average Bonchev–Trinajstić information content (AvgIpc) is 2.55. The van der Waals surface area contributed by atoms with Gasteiger partial charge in [-0.15, -0.1) is 0 Å². The molecule has 0 fully saturated rings. The smallest absolute Gasteiger partial charge is 0.339 e. The fourth-order valence-corrected chi connectivity index (χ4v) is 1.93. The number of carbonyl (C=O) groups is 3. The molecule has 24 heavy (non-hydrogen) atoms. The predicted octanol–water partition coefficient (Wildman–Crippen LogP) is 2.62. The Balaban J connectivity index is 1.96. The zero-order valence-corrected chi connectivity index (χ0v) is 13.3. The van der Waals surface area contributed by atoms with E-state index in [0.29, 0.717) is 5.69 Å². The van der Waals surface area contributed by atoms with Crippen molar-refractivity contribution in [3.63, 3.8) is 0 Å². The lowest BCUT2D eigenvalue weighted by atomic mass is 10.2. The minimum absolute atomic E-state index is 0.0991. The van der Waals surface area contributed by atoms with Gasteiger partial charge in [-0.3, -0.25) is 4.79 Å². The van der Waals surface area contributed by atoms with E-state index < -0.39 is 23.9 Å². The number of nitrogens with zero attached hydrogens (tertiary/aromatic N) is 1. The Hall–Kier alpha value is -2.93. The summed E-state index contributed by atoms with van der Waals surface area (Å²) in [5.41, 5.74) is 0.669. The van der Waals surface area contributed by atoms with Crippen molar-refractivity contribution in [1.82, 2.24) is 4.98 Å². The van der Waals surface area contributed by atoms with E-state index in [0.717, 1.165) is 0 Å². The molecule has 1 atom stereocenters. The Morgan fingerprint density at radius 2 is 1.83 bits per heavy atom. The van der Waals surface area contributed by atoms with Crippen LogP contribution in [0.2, 0.25) is 5.15 Å². The number of hydrogen-bond acceptors (Lipinski definition) is 5. The lowest BCUT2D eigenvalue weighted by molar-refractivity contribution is -0.123. The van der Waals surface area contributed by atoms with Crippen LogP contribution in [0.4, 0.5) is 5.69 Å². The summed E-state index contributed by atoms with van der Waals surface area (Å²) in [5, 5.41) is 11.5. The number of benzene rings is 1. The summed E-state index contributed by atoms with van der Waals surface area (Å²) in [6.07, 6.45) is 0.303. The molecule has 0 aliphatic carbocycles. The number of carboxylic acid groups (broad SMARTS) is 1. The minimum atomic E-state index is -1.06. The second-order valence-electron chi connectivity index (χ2n) is 4.79. The van der Waals surface area contributed by atoms with Crippen LogP contribution in [0, 0.1) is 0 Å². The highest BCUT2D eigenvalue weighted by atomic mass is 35.5. The Kier molecular flexibility index (Phi) is 5.49. The predicted molar refractivity (Wildman–Crippen MR) is 86.2 cm³/mol. The Morgan fingerprint density at radius 1 is 1.17 bits per heavy atom. The lowest BCUT2D eigenvalue weighted by Crippen LogP contribution is -2.30. The van der Waals surface area contributed by atoms with Gasteiger partial charge in [-0.05, 0) is 43.3 Å². The van der Waals surface area contributed by atoms with Crippen LogP contribution in [0.15, 0.2) is 42.6 Å². The Bertz CT molecular complexity index is 776. The molecule has 2 N–H and O–H groups in total. The molecule has 7 nitrogen and oxygen atoms in total. The van der Waals surface area contributed by atoms with Crippen LogP contribution in [0.3, 0.4) is 0 Å². The van der Waals surface area contributed by atoms with Crippen LogP contribution in [-0.4, -0.2) is 34.0 Å². The third-order valence-electron chi connectivity index (χ3n) is 3.01. The summed E-state index contributed by atoms with van der Waals surface area (Å²) in [6, 6.07) is 8.35. The van der Waals surface area contributed by atoms with E-state index in [1.54, 1.807) is 0 Å². The normalized spacial score (nSPS) is 11.4. The van der Waals surface area contributed by atoms with Crippen LogP contribution in [0.1, 0.15) is 27.6 Å². The fraction of sp³-hybridized carbons (Fsp3) is 0.125. The first-order valence-corrected chi connectivity index (χ1v) is 7.21. The van der Waals surface area contributed by atoms with Crippen LogP contribution in [-0.2, 0) is 9.53 Å². The molecule has 1 heterocycles. The minimum Gasteiger partial charge on any atom is -0.478 e. The molecule has 1 aromatic heterocycles. The highest BCUT2D eigenvalue weighted by molar-refractivity contribution is 6.29. The number of rotatable bonds is 5. The number of halogens is 1. The van der Waals surface area contributed by atoms with Gasteiger partial charge in [0.05, 0.1) is 11.1 Å². The number of carbonyl (C=O) groups excluding carboxylic acids is 2. The van der Waals surface area contributed by atoms with E-state index in [1.165, 1.54) is 49.5 Å². The summed E-state index contributed by atoms with van der Waals surface area (Å²) in [5.74, 6) is -2.32. The van der Waals surface area contributed by atoms with Crippen molar-refractivity contribution in [2.45, 2.75) is 13.0 Å². The van der Waals surface area contributed by atoms with Gasteiger partial charge in [0, 0.05) is 11.9 Å². The fourth-order valence-electron chi connectivity index (χ4n) is 1.75. The van der Waals surface area contributed by atoms with Gasteiger partial charge in [0.25, 0.3) is 5.91 Å². The molecule has 8 heteroatoms. The van der Waals surface area contributed by atoms with Crippen LogP contribution in [0.25, 0.3) is 0 Å². The van der Waals surface area contributed by atoms with E-state index >= 15 is 0 Å². The number of anilines is 1. The van der Waals surface area contributed by atoms with Crippen molar-refractivity contribution in [3.05, 3.63) is 58.9 Å². The number of hydrogen-bond donors (Lipinski definition) is 2. The van der Waals surface area contributed by atoms with Gasteiger partial charge in [0.2, 0.25) is 0 Å². The van der Waals surface area contributed by atoms with Crippen molar-refractivity contribution in [2.75, 3.05) is 5.32 Å². The van der Waals surface area contributed by atoms with Gasteiger partial charge in [0.1, 0.15) is 5.15 Å².